The van der Waals surface area contributed by atoms with Crippen molar-refractivity contribution in [2.24, 2.45) is 10.9 Å². The molecule has 1 amide bonds. The van der Waals surface area contributed by atoms with Crippen LogP contribution in [0.3, 0.4) is 0 Å². The van der Waals surface area contributed by atoms with E-state index in [1.807, 2.05) is 48.5 Å². The first kappa shape index (κ1) is 19.9. The predicted octanol–water partition coefficient (Wildman–Crippen LogP) is 1.61. The maximum Gasteiger partial charge on any atom is 0.321 e. The molecule has 1 fully saturated rings. The number of piperazine rings is 1. The van der Waals surface area contributed by atoms with Gasteiger partial charge in [0.25, 0.3) is 0 Å². The number of amides is 1. The molecule has 3 heterocycles. The van der Waals surface area contributed by atoms with Gasteiger partial charge in [-0.15, -0.1) is 0 Å². The quantitative estimate of drug-likeness (QED) is 0.612. The van der Waals surface area contributed by atoms with Crippen molar-refractivity contribution in [1.82, 2.24) is 15.2 Å². The van der Waals surface area contributed by atoms with Crippen LogP contribution in [-0.4, -0.2) is 60.5 Å². The Morgan fingerprint density at radius 2 is 1.77 bits per heavy atom. The number of rotatable bonds is 4. The monoisotopic (exact) mass is 407 g/mol. The fourth-order valence-corrected chi connectivity index (χ4v) is 3.80. The third kappa shape index (κ3) is 4.12. The van der Waals surface area contributed by atoms with E-state index in [4.69, 9.17) is 9.73 Å². The highest BCUT2D eigenvalue weighted by Crippen LogP contribution is 2.31. The van der Waals surface area contributed by atoms with Gasteiger partial charge < -0.3 is 14.5 Å². The van der Waals surface area contributed by atoms with E-state index in [-0.39, 0.29) is 12.5 Å². The molecule has 0 spiro atoms. The molecule has 2 aliphatic heterocycles. The summed E-state index contributed by atoms with van der Waals surface area (Å²) >= 11 is 0. The Balaban J connectivity index is 1.55. The van der Waals surface area contributed by atoms with Gasteiger partial charge in [0, 0.05) is 32.4 Å². The van der Waals surface area contributed by atoms with Crippen molar-refractivity contribution >= 4 is 23.7 Å². The van der Waals surface area contributed by atoms with E-state index in [9.17, 15) is 9.59 Å². The topological polar surface area (TPSA) is 87.1 Å². The minimum absolute atomic E-state index is 0.218. The molecule has 156 valence electrons. The van der Waals surface area contributed by atoms with Crippen molar-refractivity contribution in [2.75, 3.05) is 37.7 Å². The Kier molecular flexibility index (Phi) is 5.92. The molecule has 1 N–H and O–H groups in total. The summed E-state index contributed by atoms with van der Waals surface area (Å²) in [7, 11) is 0. The summed E-state index contributed by atoms with van der Waals surface area (Å²) in [5, 5.41) is 2.83. The predicted molar refractivity (Wildman–Crippen MR) is 113 cm³/mol. The number of hydrogen-bond acceptors (Lipinski definition) is 7. The van der Waals surface area contributed by atoms with Crippen LogP contribution < -0.4 is 10.2 Å². The molecule has 2 aromatic rings. The van der Waals surface area contributed by atoms with Crippen molar-refractivity contribution in [1.29, 1.82) is 0 Å². The van der Waals surface area contributed by atoms with Crippen molar-refractivity contribution in [3.05, 3.63) is 60.3 Å². The molecule has 0 saturated carbocycles. The number of carbonyl (C=O) groups is 2. The Morgan fingerprint density at radius 3 is 2.43 bits per heavy atom. The van der Waals surface area contributed by atoms with E-state index in [1.165, 1.54) is 0 Å². The highest BCUT2D eigenvalue weighted by Gasteiger charge is 2.42. The fraction of sp³-hybridized carbons (Fsp3) is 0.364. The lowest BCUT2D eigenvalue weighted by Gasteiger charge is -2.39. The lowest BCUT2D eigenvalue weighted by atomic mass is 9.91. The number of benzene rings is 1. The largest absolute Gasteiger partial charge is 0.465 e. The molecule has 1 saturated heterocycles. The van der Waals surface area contributed by atoms with Crippen molar-refractivity contribution < 1.29 is 14.3 Å². The van der Waals surface area contributed by atoms with E-state index in [0.29, 0.717) is 19.0 Å². The van der Waals surface area contributed by atoms with Crippen molar-refractivity contribution in [3.8, 4) is 0 Å². The van der Waals surface area contributed by atoms with E-state index < -0.39 is 17.9 Å². The molecule has 2 aliphatic rings. The van der Waals surface area contributed by atoms with Crippen molar-refractivity contribution in [2.45, 2.75) is 13.0 Å². The smallest absolute Gasteiger partial charge is 0.321 e. The number of esters is 1. The van der Waals surface area contributed by atoms with Gasteiger partial charge in [0.1, 0.15) is 11.9 Å². The third-order valence-corrected chi connectivity index (χ3v) is 5.33. The molecular formula is C22H25N5O3. The van der Waals surface area contributed by atoms with Crippen LogP contribution in [0.2, 0.25) is 0 Å². The highest BCUT2D eigenvalue weighted by molar-refractivity contribution is 6.08. The molecule has 8 nitrogen and oxygen atoms in total. The number of aromatic nitrogens is 1. The van der Waals surface area contributed by atoms with Gasteiger partial charge in [0.15, 0.2) is 5.92 Å². The lowest BCUT2D eigenvalue weighted by molar-refractivity contribution is -0.153. The van der Waals surface area contributed by atoms with Crippen LogP contribution in [0.15, 0.2) is 59.7 Å². The number of hydrogen-bond donors (Lipinski definition) is 1. The fourth-order valence-electron chi connectivity index (χ4n) is 3.80. The molecule has 1 aromatic carbocycles. The van der Waals surface area contributed by atoms with Crippen LogP contribution in [0.1, 0.15) is 18.5 Å². The highest BCUT2D eigenvalue weighted by atomic mass is 16.5. The zero-order valence-corrected chi connectivity index (χ0v) is 16.9. The Hall–Kier alpha value is -3.42. The number of pyridine rings is 1. The van der Waals surface area contributed by atoms with Crippen LogP contribution >= 0.6 is 0 Å². The third-order valence-electron chi connectivity index (χ3n) is 5.33. The summed E-state index contributed by atoms with van der Waals surface area (Å²) in [6.07, 6.45) is 1.78. The van der Waals surface area contributed by atoms with Gasteiger partial charge in [-0.2, -0.15) is 0 Å². The number of nitrogens with zero attached hydrogens (tertiary/aromatic N) is 4. The molecule has 4 rings (SSSR count). The maximum absolute atomic E-state index is 12.9. The van der Waals surface area contributed by atoms with Crippen LogP contribution in [-0.2, 0) is 14.3 Å². The average molecular weight is 407 g/mol. The van der Waals surface area contributed by atoms with Gasteiger partial charge >= 0.3 is 5.97 Å². The van der Waals surface area contributed by atoms with E-state index in [0.717, 1.165) is 24.5 Å². The van der Waals surface area contributed by atoms with Crippen LogP contribution in [0.25, 0.3) is 0 Å². The van der Waals surface area contributed by atoms with E-state index >= 15 is 0 Å². The summed E-state index contributed by atoms with van der Waals surface area (Å²) in [5.74, 6) is -0.469. The van der Waals surface area contributed by atoms with Gasteiger partial charge in [-0.3, -0.25) is 14.9 Å². The summed E-state index contributed by atoms with van der Waals surface area (Å²) in [6.45, 7) is 4.87. The van der Waals surface area contributed by atoms with Crippen LogP contribution in [0.5, 0.6) is 0 Å². The first-order chi connectivity index (χ1) is 14.7. The number of nitrogens with one attached hydrogen (secondary N) is 1. The Labute approximate surface area is 175 Å². The molecule has 30 heavy (non-hydrogen) atoms. The number of guanidine groups is 1. The second-order valence-corrected chi connectivity index (χ2v) is 7.19. The lowest BCUT2D eigenvalue weighted by Crippen LogP contribution is -2.57. The second kappa shape index (κ2) is 8.94. The van der Waals surface area contributed by atoms with Crippen LogP contribution in [0, 0.1) is 5.92 Å². The normalized spacial score (nSPS) is 21.6. The first-order valence-electron chi connectivity index (χ1n) is 10.2. The molecule has 0 unspecified atom stereocenters. The SMILES string of the molecule is CCOC(=O)[C@H]1C(=O)NC(N2CCN(c3ccccn3)CC2)=N[C@@H]1c1ccccc1. The Morgan fingerprint density at radius 1 is 1.07 bits per heavy atom. The maximum atomic E-state index is 12.9. The van der Waals surface area contributed by atoms with Gasteiger partial charge in [0.05, 0.1) is 6.61 Å². The first-order valence-corrected chi connectivity index (χ1v) is 10.2. The molecule has 0 bridgehead atoms. The summed E-state index contributed by atoms with van der Waals surface area (Å²) in [4.78, 5) is 38.8. The van der Waals surface area contributed by atoms with Gasteiger partial charge in [0.2, 0.25) is 11.9 Å². The zero-order valence-electron chi connectivity index (χ0n) is 16.9. The molecular weight excluding hydrogens is 382 g/mol. The Bertz CT molecular complexity index is 911. The standard InChI is InChI=1S/C22H25N5O3/c1-2-30-21(29)18-19(16-8-4-3-5-9-16)24-22(25-20(18)28)27-14-12-26(13-15-27)17-10-6-7-11-23-17/h3-11,18-19H,2,12-15H2,1H3,(H,24,25,28)/t18-,19-/m1/s1. The molecule has 8 heteroatoms. The van der Waals surface area contributed by atoms with E-state index in [2.05, 4.69) is 20.1 Å². The molecule has 2 atom stereocenters. The van der Waals surface area contributed by atoms with Gasteiger partial charge in [-0.05, 0) is 24.6 Å². The van der Waals surface area contributed by atoms with Gasteiger partial charge in [-0.25, -0.2) is 9.98 Å². The summed E-state index contributed by atoms with van der Waals surface area (Å²) < 4.78 is 5.15. The number of ether oxygens (including phenoxy) is 1. The zero-order chi connectivity index (χ0) is 20.9. The van der Waals surface area contributed by atoms with E-state index in [1.54, 1.807) is 13.1 Å². The minimum atomic E-state index is -0.995. The second-order valence-electron chi connectivity index (χ2n) is 7.19. The summed E-state index contributed by atoms with van der Waals surface area (Å²) in [6, 6.07) is 14.7. The molecule has 1 aromatic heterocycles. The average Bonchev–Trinajstić information content (AvgIpc) is 2.80. The molecule has 0 radical (unpaired) electrons. The minimum Gasteiger partial charge on any atom is -0.465 e. The number of carbonyl (C=O) groups excluding carboxylic acids is 2. The van der Waals surface area contributed by atoms with Crippen LogP contribution in [0.4, 0.5) is 5.82 Å². The van der Waals surface area contributed by atoms with Crippen molar-refractivity contribution in [3.63, 3.8) is 0 Å². The number of anilines is 1. The summed E-state index contributed by atoms with van der Waals surface area (Å²) in [5.41, 5.74) is 0.815. The number of aliphatic imine (C=N–C) groups is 1. The van der Waals surface area contributed by atoms with Gasteiger partial charge in [-0.1, -0.05) is 36.4 Å². The molecule has 0 aliphatic carbocycles.